The van der Waals surface area contributed by atoms with Crippen LogP contribution in [-0.4, -0.2) is 34.9 Å². The molecule has 4 aromatic rings. The van der Waals surface area contributed by atoms with Crippen molar-refractivity contribution >= 4 is 28.4 Å². The van der Waals surface area contributed by atoms with Crippen LogP contribution in [0.15, 0.2) is 78.9 Å². The fourth-order valence-electron chi connectivity index (χ4n) is 4.73. The number of carbonyl (C=O) groups excluding carboxylic acids is 1. The van der Waals surface area contributed by atoms with Gasteiger partial charge in [0.15, 0.2) is 0 Å². The van der Waals surface area contributed by atoms with Gasteiger partial charge in [0.25, 0.3) is 5.91 Å². The number of amides is 1. The highest BCUT2D eigenvalue weighted by atomic mass is 35.5. The highest BCUT2D eigenvalue weighted by molar-refractivity contribution is 6.31. The van der Waals surface area contributed by atoms with Crippen molar-refractivity contribution in [2.45, 2.75) is 31.6 Å². The van der Waals surface area contributed by atoms with Crippen molar-refractivity contribution in [1.82, 2.24) is 15.2 Å². The molecule has 0 atom stereocenters. The van der Waals surface area contributed by atoms with E-state index in [0.717, 1.165) is 61.2 Å². The Balaban J connectivity index is 1.20. The van der Waals surface area contributed by atoms with Crippen LogP contribution in [0.2, 0.25) is 5.02 Å². The number of hydrogen-bond acceptors (Lipinski definition) is 3. The molecule has 1 aliphatic rings. The number of alkyl halides is 3. The molecule has 190 valence electrons. The maximum atomic E-state index is 13.1. The topological polar surface area (TPSA) is 45.2 Å². The van der Waals surface area contributed by atoms with Crippen molar-refractivity contribution in [2.75, 3.05) is 13.1 Å². The summed E-state index contributed by atoms with van der Waals surface area (Å²) in [6, 6.07) is 21.6. The molecule has 2 heterocycles. The predicted octanol–water partition coefficient (Wildman–Crippen LogP) is 6.97. The maximum Gasteiger partial charge on any atom is 0.416 e. The number of pyridine rings is 1. The minimum absolute atomic E-state index is 0.0242. The van der Waals surface area contributed by atoms with E-state index in [1.807, 2.05) is 30.3 Å². The van der Waals surface area contributed by atoms with Crippen molar-refractivity contribution < 1.29 is 18.0 Å². The second-order valence-electron chi connectivity index (χ2n) is 9.28. The molecule has 0 spiro atoms. The van der Waals surface area contributed by atoms with E-state index in [4.69, 9.17) is 16.6 Å². The lowest BCUT2D eigenvalue weighted by Crippen LogP contribution is -2.44. The van der Waals surface area contributed by atoms with Crippen LogP contribution in [-0.2, 0) is 12.7 Å². The molecule has 1 saturated heterocycles. The SMILES string of the molecule is O=C(NC1CCN(Cc2ccc3cc(Cl)ccc3n2)CC1)c1ccccc1-c1ccc(C(F)(F)F)cc1. The summed E-state index contributed by atoms with van der Waals surface area (Å²) in [5, 5.41) is 4.82. The summed E-state index contributed by atoms with van der Waals surface area (Å²) in [4.78, 5) is 20.2. The molecular formula is C29H25ClF3N3O. The number of aromatic nitrogens is 1. The molecule has 0 radical (unpaired) electrons. The number of piperidine rings is 1. The summed E-state index contributed by atoms with van der Waals surface area (Å²) in [6.07, 6.45) is -2.79. The van der Waals surface area contributed by atoms with Gasteiger partial charge in [-0.2, -0.15) is 13.2 Å². The highest BCUT2D eigenvalue weighted by Crippen LogP contribution is 2.32. The molecule has 0 aliphatic carbocycles. The molecule has 37 heavy (non-hydrogen) atoms. The summed E-state index contributed by atoms with van der Waals surface area (Å²) in [7, 11) is 0. The van der Waals surface area contributed by atoms with Crippen LogP contribution in [0.4, 0.5) is 13.2 Å². The third-order valence-corrected chi connectivity index (χ3v) is 6.95. The maximum absolute atomic E-state index is 13.1. The number of carbonyl (C=O) groups is 1. The number of nitrogens with zero attached hydrogens (tertiary/aromatic N) is 2. The lowest BCUT2D eigenvalue weighted by atomic mass is 9.97. The molecule has 8 heteroatoms. The van der Waals surface area contributed by atoms with Crippen molar-refractivity contribution in [1.29, 1.82) is 0 Å². The molecular weight excluding hydrogens is 499 g/mol. The third kappa shape index (κ3) is 5.95. The van der Waals surface area contributed by atoms with E-state index < -0.39 is 11.7 Å². The smallest absolute Gasteiger partial charge is 0.349 e. The summed E-state index contributed by atoms with van der Waals surface area (Å²) < 4.78 is 38.8. The van der Waals surface area contributed by atoms with E-state index in [1.165, 1.54) is 12.1 Å². The van der Waals surface area contributed by atoms with Gasteiger partial charge in [0.05, 0.1) is 16.8 Å². The van der Waals surface area contributed by atoms with Gasteiger partial charge in [-0.05, 0) is 66.4 Å². The first-order chi connectivity index (χ1) is 17.8. The molecule has 1 aliphatic heterocycles. The van der Waals surface area contributed by atoms with Gasteiger partial charge in [0.1, 0.15) is 0 Å². The summed E-state index contributed by atoms with van der Waals surface area (Å²) in [6.45, 7) is 2.38. The zero-order valence-electron chi connectivity index (χ0n) is 19.9. The van der Waals surface area contributed by atoms with Gasteiger partial charge >= 0.3 is 6.18 Å². The Morgan fingerprint density at radius 1 is 0.973 bits per heavy atom. The van der Waals surface area contributed by atoms with Gasteiger partial charge in [0.2, 0.25) is 0 Å². The van der Waals surface area contributed by atoms with Gasteiger partial charge in [-0.25, -0.2) is 0 Å². The number of nitrogens with one attached hydrogen (secondary N) is 1. The van der Waals surface area contributed by atoms with Gasteiger partial charge in [-0.1, -0.05) is 48.0 Å². The third-order valence-electron chi connectivity index (χ3n) is 6.71. The Morgan fingerprint density at radius 2 is 1.70 bits per heavy atom. The Morgan fingerprint density at radius 3 is 2.43 bits per heavy atom. The quantitative estimate of drug-likeness (QED) is 0.307. The molecule has 0 unspecified atom stereocenters. The van der Waals surface area contributed by atoms with Gasteiger partial charge in [0, 0.05) is 41.6 Å². The molecule has 1 amide bonds. The van der Waals surface area contributed by atoms with Gasteiger partial charge < -0.3 is 5.32 Å². The van der Waals surface area contributed by atoms with Crippen LogP contribution >= 0.6 is 11.6 Å². The average molecular weight is 524 g/mol. The lowest BCUT2D eigenvalue weighted by molar-refractivity contribution is -0.137. The van der Waals surface area contributed by atoms with Gasteiger partial charge in [-0.15, -0.1) is 0 Å². The Bertz CT molecular complexity index is 1410. The van der Waals surface area contributed by atoms with Crippen molar-refractivity contribution in [3.63, 3.8) is 0 Å². The number of fused-ring (bicyclic) bond motifs is 1. The molecule has 0 bridgehead atoms. The van der Waals surface area contributed by atoms with E-state index in [1.54, 1.807) is 24.3 Å². The van der Waals surface area contributed by atoms with Crippen LogP contribution < -0.4 is 5.32 Å². The van der Waals surface area contributed by atoms with Crippen LogP contribution in [0.3, 0.4) is 0 Å². The van der Waals surface area contributed by atoms with Crippen LogP contribution in [0, 0.1) is 0 Å². The highest BCUT2D eigenvalue weighted by Gasteiger charge is 2.30. The summed E-state index contributed by atoms with van der Waals surface area (Å²) in [5.41, 5.74) is 2.81. The van der Waals surface area contributed by atoms with Crippen molar-refractivity contribution in [2.24, 2.45) is 0 Å². The van der Waals surface area contributed by atoms with Crippen molar-refractivity contribution in [3.8, 4) is 11.1 Å². The first-order valence-corrected chi connectivity index (χ1v) is 12.5. The van der Waals surface area contributed by atoms with E-state index in [-0.39, 0.29) is 11.9 Å². The zero-order valence-corrected chi connectivity index (χ0v) is 20.7. The van der Waals surface area contributed by atoms with Crippen LogP contribution in [0.25, 0.3) is 22.0 Å². The number of benzene rings is 3. The minimum atomic E-state index is -4.40. The molecule has 0 saturated carbocycles. The number of halogens is 4. The van der Waals surface area contributed by atoms with Crippen LogP contribution in [0.1, 0.15) is 34.5 Å². The monoisotopic (exact) mass is 523 g/mol. The summed E-state index contributed by atoms with van der Waals surface area (Å²) in [5.74, 6) is -0.219. The van der Waals surface area contributed by atoms with Crippen LogP contribution in [0.5, 0.6) is 0 Å². The number of rotatable bonds is 5. The first-order valence-electron chi connectivity index (χ1n) is 12.1. The van der Waals surface area contributed by atoms with E-state index in [9.17, 15) is 18.0 Å². The average Bonchev–Trinajstić information content (AvgIpc) is 2.89. The van der Waals surface area contributed by atoms with E-state index in [0.29, 0.717) is 21.7 Å². The number of likely N-dealkylation sites (tertiary alicyclic amines) is 1. The zero-order chi connectivity index (χ0) is 26.0. The van der Waals surface area contributed by atoms with Crippen molar-refractivity contribution in [3.05, 3.63) is 101 Å². The fraction of sp³-hybridized carbons (Fsp3) is 0.241. The van der Waals surface area contributed by atoms with E-state index >= 15 is 0 Å². The molecule has 3 aromatic carbocycles. The Kier molecular flexibility index (Phi) is 7.17. The normalized spacial score (nSPS) is 15.1. The molecule has 1 fully saturated rings. The molecule has 5 rings (SSSR count). The molecule has 1 N–H and O–H groups in total. The largest absolute Gasteiger partial charge is 0.416 e. The standard InChI is InChI=1S/C29H25ClF3N3O/c30-22-10-12-27-20(17-22)7-11-24(34-27)18-36-15-13-23(14-16-36)35-28(37)26-4-2-1-3-25(26)19-5-8-21(9-6-19)29(31,32)33/h1-12,17,23H,13-16,18H2,(H,35,37). The fourth-order valence-corrected chi connectivity index (χ4v) is 4.91. The second kappa shape index (κ2) is 10.5. The molecule has 4 nitrogen and oxygen atoms in total. The Labute approximate surface area is 218 Å². The number of hydrogen-bond donors (Lipinski definition) is 1. The summed E-state index contributed by atoms with van der Waals surface area (Å²) >= 11 is 6.06. The predicted molar refractivity (Wildman–Crippen MR) is 139 cm³/mol. The van der Waals surface area contributed by atoms with E-state index in [2.05, 4.69) is 10.2 Å². The molecule has 1 aromatic heterocycles. The minimum Gasteiger partial charge on any atom is -0.349 e. The Hall–Kier alpha value is -3.42. The lowest BCUT2D eigenvalue weighted by Gasteiger charge is -2.32. The second-order valence-corrected chi connectivity index (χ2v) is 9.72. The van der Waals surface area contributed by atoms with Gasteiger partial charge in [-0.3, -0.25) is 14.7 Å². The first kappa shape index (κ1) is 25.2.